The van der Waals surface area contributed by atoms with Gasteiger partial charge in [0.2, 0.25) is 0 Å². The molecule has 0 atom stereocenters. The second-order valence-electron chi connectivity index (χ2n) is 13.4. The Morgan fingerprint density at radius 1 is 0.358 bits per heavy atom. The summed E-state index contributed by atoms with van der Waals surface area (Å²) in [6.07, 6.45) is 0. The first-order chi connectivity index (χ1) is 26.3. The molecule has 10 aromatic rings. The van der Waals surface area contributed by atoms with Crippen molar-refractivity contribution in [2.75, 3.05) is 4.90 Å². The fourth-order valence-electron chi connectivity index (χ4n) is 7.63. The molecule has 0 bridgehead atoms. The third-order valence-corrected chi connectivity index (χ3v) is 10.2. The number of para-hydroxylation sites is 2. The van der Waals surface area contributed by atoms with Gasteiger partial charge in [-0.25, -0.2) is 0 Å². The van der Waals surface area contributed by atoms with Gasteiger partial charge in [0, 0.05) is 33.5 Å². The Labute approximate surface area is 308 Å². The number of fused-ring (bicyclic) bond motifs is 5. The number of hydrogen-bond donors (Lipinski definition) is 0. The smallest absolute Gasteiger partial charge is 0.161 e. The molecule has 10 rings (SSSR count). The summed E-state index contributed by atoms with van der Waals surface area (Å²) in [5.74, 6) is 0. The molecule has 0 N–H and O–H groups in total. The maximum absolute atomic E-state index is 6.40. The largest absolute Gasteiger partial charge is 0.454 e. The average molecular weight is 679 g/mol. The summed E-state index contributed by atoms with van der Waals surface area (Å²) >= 11 is 0. The van der Waals surface area contributed by atoms with Crippen molar-refractivity contribution >= 4 is 50.0 Å². The van der Waals surface area contributed by atoms with E-state index in [9.17, 15) is 0 Å². The van der Waals surface area contributed by atoms with Gasteiger partial charge in [0.1, 0.15) is 11.1 Å². The van der Waals surface area contributed by atoms with Gasteiger partial charge < -0.3 is 13.9 Å². The van der Waals surface area contributed by atoms with E-state index in [2.05, 4.69) is 204 Å². The molecule has 0 aliphatic heterocycles. The molecule has 0 spiro atoms. The van der Waals surface area contributed by atoms with Crippen molar-refractivity contribution in [3.63, 3.8) is 0 Å². The van der Waals surface area contributed by atoms with Crippen LogP contribution < -0.4 is 4.90 Å². The van der Waals surface area contributed by atoms with E-state index in [0.717, 1.165) is 66.8 Å². The molecule has 3 heteroatoms. The minimum atomic E-state index is 0.902. The fraction of sp³-hybridized carbons (Fsp3) is 0. The molecule has 0 aliphatic carbocycles. The highest BCUT2D eigenvalue weighted by molar-refractivity contribution is 6.16. The number of nitrogens with zero attached hydrogens (tertiary/aromatic N) is 2. The quantitative estimate of drug-likeness (QED) is 0.167. The van der Waals surface area contributed by atoms with Crippen LogP contribution in [0.3, 0.4) is 0 Å². The lowest BCUT2D eigenvalue weighted by atomic mass is 10.0. The van der Waals surface area contributed by atoms with E-state index in [4.69, 9.17) is 4.42 Å². The van der Waals surface area contributed by atoms with Crippen LogP contribution in [0.25, 0.3) is 72.0 Å². The van der Waals surface area contributed by atoms with Crippen LogP contribution in [0.5, 0.6) is 0 Å². The monoisotopic (exact) mass is 678 g/mol. The van der Waals surface area contributed by atoms with Gasteiger partial charge in [-0.2, -0.15) is 0 Å². The zero-order chi connectivity index (χ0) is 35.1. The molecule has 0 fully saturated rings. The van der Waals surface area contributed by atoms with Crippen LogP contribution in [0.1, 0.15) is 0 Å². The Balaban J connectivity index is 1.04. The Hall–Kier alpha value is -7.10. The maximum atomic E-state index is 6.40. The van der Waals surface area contributed by atoms with Crippen LogP contribution in [0.4, 0.5) is 17.1 Å². The highest BCUT2D eigenvalue weighted by atomic mass is 16.3. The second-order valence-corrected chi connectivity index (χ2v) is 13.4. The lowest BCUT2D eigenvalue weighted by Gasteiger charge is -2.26. The first-order valence-electron chi connectivity index (χ1n) is 18.0. The van der Waals surface area contributed by atoms with Gasteiger partial charge in [-0.15, -0.1) is 0 Å². The number of hydrogen-bond acceptors (Lipinski definition) is 2. The zero-order valence-electron chi connectivity index (χ0n) is 28.9. The third-order valence-electron chi connectivity index (χ3n) is 10.2. The minimum Gasteiger partial charge on any atom is -0.454 e. The van der Waals surface area contributed by atoms with Gasteiger partial charge >= 0.3 is 0 Å². The first kappa shape index (κ1) is 30.7. The molecular weight excluding hydrogens is 645 g/mol. The fourth-order valence-corrected chi connectivity index (χ4v) is 7.63. The van der Waals surface area contributed by atoms with Crippen molar-refractivity contribution in [2.24, 2.45) is 0 Å². The van der Waals surface area contributed by atoms with Crippen LogP contribution in [0, 0.1) is 0 Å². The highest BCUT2D eigenvalue weighted by Crippen LogP contribution is 2.41. The SMILES string of the molecule is c1ccc(-c2ccc(N(c3ccc(-c4ccccc4)cc3)c3cccc(-c4ccc(-n5c6ccccc6c6oc7ccccc7c65)cc4)c3)cc2)cc1. The second kappa shape index (κ2) is 12.9. The van der Waals surface area contributed by atoms with Crippen molar-refractivity contribution in [1.82, 2.24) is 4.57 Å². The molecule has 0 amide bonds. The summed E-state index contributed by atoms with van der Waals surface area (Å²) in [4.78, 5) is 2.34. The number of rotatable bonds is 7. The summed E-state index contributed by atoms with van der Waals surface area (Å²) in [6, 6.07) is 73.3. The summed E-state index contributed by atoms with van der Waals surface area (Å²) in [5, 5.41) is 2.23. The molecule has 3 nitrogen and oxygen atoms in total. The van der Waals surface area contributed by atoms with Gasteiger partial charge in [0.25, 0.3) is 0 Å². The Morgan fingerprint density at radius 2 is 0.849 bits per heavy atom. The van der Waals surface area contributed by atoms with Gasteiger partial charge in [0.15, 0.2) is 5.58 Å². The van der Waals surface area contributed by atoms with Crippen molar-refractivity contribution in [3.8, 4) is 39.1 Å². The van der Waals surface area contributed by atoms with Crippen LogP contribution >= 0.6 is 0 Å². The molecule has 2 heterocycles. The Kier molecular flexibility index (Phi) is 7.47. The topological polar surface area (TPSA) is 21.3 Å². The van der Waals surface area contributed by atoms with Gasteiger partial charge in [-0.3, -0.25) is 0 Å². The molecule has 0 aliphatic rings. The minimum absolute atomic E-state index is 0.902. The number of anilines is 3. The van der Waals surface area contributed by atoms with Gasteiger partial charge in [-0.1, -0.05) is 133 Å². The predicted octanol–water partition coefficient (Wildman–Crippen LogP) is 14.0. The van der Waals surface area contributed by atoms with E-state index in [-0.39, 0.29) is 0 Å². The predicted molar refractivity (Wildman–Crippen MR) is 222 cm³/mol. The molecule has 2 aromatic heterocycles. The van der Waals surface area contributed by atoms with Crippen molar-refractivity contribution in [3.05, 3.63) is 206 Å². The molecule has 0 saturated heterocycles. The van der Waals surface area contributed by atoms with Crippen molar-refractivity contribution in [2.45, 2.75) is 0 Å². The van der Waals surface area contributed by atoms with Crippen molar-refractivity contribution in [1.29, 1.82) is 0 Å². The lowest BCUT2D eigenvalue weighted by Crippen LogP contribution is -2.10. The maximum Gasteiger partial charge on any atom is 0.161 e. The molecular formula is C50H34N2O. The lowest BCUT2D eigenvalue weighted by molar-refractivity contribution is 0.673. The average Bonchev–Trinajstić information content (AvgIpc) is 3.77. The standard InChI is InChI=1S/C50H34N2O/c1-3-12-35(13-4-1)37-22-28-41(29-23-37)51(42-30-24-38(25-31-42)36-14-5-2-6-15-36)44-17-11-16-40(34-44)39-26-32-43(33-27-39)52-47-20-9-7-18-45(47)50-49(52)46-19-8-10-21-48(46)53-50/h1-34H. The molecule has 8 aromatic carbocycles. The molecule has 0 radical (unpaired) electrons. The molecule has 250 valence electrons. The van der Waals surface area contributed by atoms with Crippen LogP contribution in [0.15, 0.2) is 211 Å². The highest BCUT2D eigenvalue weighted by Gasteiger charge is 2.19. The summed E-state index contributed by atoms with van der Waals surface area (Å²) < 4.78 is 8.73. The van der Waals surface area contributed by atoms with E-state index in [1.165, 1.54) is 22.3 Å². The van der Waals surface area contributed by atoms with Crippen LogP contribution in [0.2, 0.25) is 0 Å². The normalized spacial score (nSPS) is 11.4. The summed E-state index contributed by atoms with van der Waals surface area (Å²) in [7, 11) is 0. The summed E-state index contributed by atoms with van der Waals surface area (Å²) in [5.41, 5.74) is 15.5. The van der Waals surface area contributed by atoms with Crippen LogP contribution in [-0.4, -0.2) is 4.57 Å². The molecule has 53 heavy (non-hydrogen) atoms. The number of benzene rings is 8. The number of furan rings is 1. The van der Waals surface area contributed by atoms with Crippen molar-refractivity contribution < 1.29 is 4.42 Å². The molecule has 0 unspecified atom stereocenters. The van der Waals surface area contributed by atoms with Crippen LogP contribution in [-0.2, 0) is 0 Å². The van der Waals surface area contributed by atoms with E-state index < -0.39 is 0 Å². The summed E-state index contributed by atoms with van der Waals surface area (Å²) in [6.45, 7) is 0. The zero-order valence-corrected chi connectivity index (χ0v) is 28.9. The van der Waals surface area contributed by atoms with E-state index in [0.29, 0.717) is 0 Å². The Bertz CT molecular complexity index is 2760. The van der Waals surface area contributed by atoms with E-state index >= 15 is 0 Å². The van der Waals surface area contributed by atoms with E-state index in [1.807, 2.05) is 12.1 Å². The first-order valence-corrected chi connectivity index (χ1v) is 18.0. The third kappa shape index (κ3) is 5.47. The van der Waals surface area contributed by atoms with Gasteiger partial charge in [-0.05, 0) is 106 Å². The van der Waals surface area contributed by atoms with Gasteiger partial charge in [0.05, 0.1) is 5.52 Å². The Morgan fingerprint density at radius 3 is 1.49 bits per heavy atom. The molecule has 0 saturated carbocycles. The number of aromatic nitrogens is 1. The van der Waals surface area contributed by atoms with E-state index in [1.54, 1.807) is 0 Å².